The van der Waals surface area contributed by atoms with Crippen LogP contribution >= 0.6 is 0 Å². The Hall–Kier alpha value is -0.930. The SMILES string of the molecule is CCOCCCC(N)c1ccc(F)c(C)c1. The molecular formula is C13H20FNO. The third-order valence-electron chi connectivity index (χ3n) is 2.62. The first-order chi connectivity index (χ1) is 7.65. The molecule has 16 heavy (non-hydrogen) atoms. The Balaban J connectivity index is 2.46. The minimum Gasteiger partial charge on any atom is -0.382 e. The van der Waals surface area contributed by atoms with Gasteiger partial charge in [0.15, 0.2) is 0 Å². The van der Waals surface area contributed by atoms with E-state index in [9.17, 15) is 4.39 Å². The Morgan fingerprint density at radius 1 is 1.44 bits per heavy atom. The van der Waals surface area contributed by atoms with Crippen LogP contribution in [0.5, 0.6) is 0 Å². The van der Waals surface area contributed by atoms with Crippen molar-refractivity contribution in [2.45, 2.75) is 32.7 Å². The van der Waals surface area contributed by atoms with Crippen LogP contribution in [0.3, 0.4) is 0 Å². The van der Waals surface area contributed by atoms with Gasteiger partial charge < -0.3 is 10.5 Å². The van der Waals surface area contributed by atoms with E-state index in [1.165, 1.54) is 6.07 Å². The van der Waals surface area contributed by atoms with Gasteiger partial charge in [0.1, 0.15) is 5.82 Å². The second kappa shape index (κ2) is 6.61. The molecule has 0 amide bonds. The molecule has 1 rings (SSSR count). The van der Waals surface area contributed by atoms with Gasteiger partial charge in [-0.1, -0.05) is 12.1 Å². The van der Waals surface area contributed by atoms with E-state index in [1.54, 1.807) is 13.0 Å². The molecule has 3 heteroatoms. The zero-order valence-corrected chi connectivity index (χ0v) is 10.0. The summed E-state index contributed by atoms with van der Waals surface area (Å²) in [5, 5.41) is 0. The lowest BCUT2D eigenvalue weighted by molar-refractivity contribution is 0.142. The van der Waals surface area contributed by atoms with Crippen LogP contribution in [0.25, 0.3) is 0 Å². The lowest BCUT2D eigenvalue weighted by Crippen LogP contribution is -2.11. The molecule has 0 saturated carbocycles. The third-order valence-corrected chi connectivity index (χ3v) is 2.62. The van der Waals surface area contributed by atoms with Crippen LogP contribution in [-0.4, -0.2) is 13.2 Å². The van der Waals surface area contributed by atoms with E-state index in [0.717, 1.165) is 31.6 Å². The standard InChI is InChI=1S/C13H20FNO/c1-3-16-8-4-5-13(15)11-6-7-12(14)10(2)9-11/h6-7,9,13H,3-5,8,15H2,1-2H3. The van der Waals surface area contributed by atoms with Gasteiger partial charge in [-0.05, 0) is 43.9 Å². The van der Waals surface area contributed by atoms with Gasteiger partial charge >= 0.3 is 0 Å². The Morgan fingerprint density at radius 3 is 2.81 bits per heavy atom. The van der Waals surface area contributed by atoms with Crippen molar-refractivity contribution in [3.8, 4) is 0 Å². The normalized spacial score (nSPS) is 12.8. The molecule has 2 nitrogen and oxygen atoms in total. The number of ether oxygens (including phenoxy) is 1. The lowest BCUT2D eigenvalue weighted by atomic mass is 10.0. The van der Waals surface area contributed by atoms with E-state index in [1.807, 2.05) is 13.0 Å². The van der Waals surface area contributed by atoms with E-state index >= 15 is 0 Å². The molecule has 0 aliphatic heterocycles. The molecule has 0 heterocycles. The van der Waals surface area contributed by atoms with Crippen molar-refractivity contribution in [2.75, 3.05) is 13.2 Å². The average molecular weight is 225 g/mol. The second-order valence-corrected chi connectivity index (χ2v) is 3.95. The molecule has 2 N–H and O–H groups in total. The molecule has 90 valence electrons. The summed E-state index contributed by atoms with van der Waals surface area (Å²) in [6, 6.07) is 5.03. The number of hydrogen-bond acceptors (Lipinski definition) is 2. The highest BCUT2D eigenvalue weighted by atomic mass is 19.1. The van der Waals surface area contributed by atoms with Crippen molar-refractivity contribution in [1.82, 2.24) is 0 Å². The van der Waals surface area contributed by atoms with Gasteiger partial charge in [-0.3, -0.25) is 0 Å². The Morgan fingerprint density at radius 2 is 2.19 bits per heavy atom. The number of nitrogens with two attached hydrogens (primary N) is 1. The summed E-state index contributed by atoms with van der Waals surface area (Å²) in [6.45, 7) is 5.21. The first-order valence-corrected chi connectivity index (χ1v) is 5.74. The highest BCUT2D eigenvalue weighted by molar-refractivity contribution is 5.26. The van der Waals surface area contributed by atoms with Crippen molar-refractivity contribution in [3.05, 3.63) is 35.1 Å². The molecule has 0 bridgehead atoms. The maximum Gasteiger partial charge on any atom is 0.126 e. The van der Waals surface area contributed by atoms with Gasteiger partial charge in [0, 0.05) is 19.3 Å². The minimum absolute atomic E-state index is 0.0280. The zero-order chi connectivity index (χ0) is 12.0. The third kappa shape index (κ3) is 3.91. The fraction of sp³-hybridized carbons (Fsp3) is 0.538. The summed E-state index contributed by atoms with van der Waals surface area (Å²) in [5.41, 5.74) is 7.66. The first-order valence-electron chi connectivity index (χ1n) is 5.74. The molecule has 0 fully saturated rings. The first kappa shape index (κ1) is 13.1. The van der Waals surface area contributed by atoms with Gasteiger partial charge in [0.25, 0.3) is 0 Å². The van der Waals surface area contributed by atoms with Crippen molar-refractivity contribution >= 4 is 0 Å². The number of aryl methyl sites for hydroxylation is 1. The lowest BCUT2D eigenvalue weighted by Gasteiger charge is -2.12. The quantitative estimate of drug-likeness (QED) is 0.755. The monoisotopic (exact) mass is 225 g/mol. The molecule has 1 aromatic carbocycles. The topological polar surface area (TPSA) is 35.2 Å². The van der Waals surface area contributed by atoms with Gasteiger partial charge in [0.2, 0.25) is 0 Å². The van der Waals surface area contributed by atoms with Crippen LogP contribution in [0.2, 0.25) is 0 Å². The summed E-state index contributed by atoms with van der Waals surface area (Å²) < 4.78 is 18.3. The van der Waals surface area contributed by atoms with Crippen molar-refractivity contribution in [1.29, 1.82) is 0 Å². The van der Waals surface area contributed by atoms with E-state index in [4.69, 9.17) is 10.5 Å². The molecule has 1 atom stereocenters. The van der Waals surface area contributed by atoms with E-state index in [-0.39, 0.29) is 11.9 Å². The molecule has 0 radical (unpaired) electrons. The smallest absolute Gasteiger partial charge is 0.126 e. The molecule has 0 aliphatic carbocycles. The van der Waals surface area contributed by atoms with E-state index in [2.05, 4.69) is 0 Å². The highest BCUT2D eigenvalue weighted by Gasteiger charge is 2.07. The molecule has 0 saturated heterocycles. The zero-order valence-electron chi connectivity index (χ0n) is 10.0. The van der Waals surface area contributed by atoms with Gasteiger partial charge in [-0.25, -0.2) is 4.39 Å². The Kier molecular flexibility index (Phi) is 5.43. The Labute approximate surface area is 96.6 Å². The fourth-order valence-electron chi connectivity index (χ4n) is 1.61. The fourth-order valence-corrected chi connectivity index (χ4v) is 1.61. The summed E-state index contributed by atoms with van der Waals surface area (Å²) in [7, 11) is 0. The van der Waals surface area contributed by atoms with Gasteiger partial charge in [-0.2, -0.15) is 0 Å². The summed E-state index contributed by atoms with van der Waals surface area (Å²) >= 11 is 0. The van der Waals surface area contributed by atoms with Gasteiger partial charge in [0.05, 0.1) is 0 Å². The van der Waals surface area contributed by atoms with Crippen LogP contribution in [0.4, 0.5) is 4.39 Å². The van der Waals surface area contributed by atoms with Crippen LogP contribution in [0, 0.1) is 12.7 Å². The molecule has 1 aromatic rings. The predicted octanol–water partition coefficient (Wildman–Crippen LogP) is 2.95. The summed E-state index contributed by atoms with van der Waals surface area (Å²) in [4.78, 5) is 0. The van der Waals surface area contributed by atoms with Crippen LogP contribution in [-0.2, 0) is 4.74 Å². The highest BCUT2D eigenvalue weighted by Crippen LogP contribution is 2.18. The maximum atomic E-state index is 13.1. The number of rotatable bonds is 6. The summed E-state index contributed by atoms with van der Waals surface area (Å²) in [6.07, 6.45) is 1.80. The average Bonchev–Trinajstić information content (AvgIpc) is 2.28. The molecule has 0 spiro atoms. The van der Waals surface area contributed by atoms with Crippen molar-refractivity contribution in [3.63, 3.8) is 0 Å². The van der Waals surface area contributed by atoms with E-state index < -0.39 is 0 Å². The molecule has 1 unspecified atom stereocenters. The number of hydrogen-bond donors (Lipinski definition) is 1. The minimum atomic E-state index is -0.176. The maximum absolute atomic E-state index is 13.1. The van der Waals surface area contributed by atoms with Crippen molar-refractivity contribution < 1.29 is 9.13 Å². The van der Waals surface area contributed by atoms with Crippen LogP contribution in [0.15, 0.2) is 18.2 Å². The predicted molar refractivity (Wildman–Crippen MR) is 63.8 cm³/mol. The van der Waals surface area contributed by atoms with E-state index in [0.29, 0.717) is 5.56 Å². The summed E-state index contributed by atoms with van der Waals surface area (Å²) in [5.74, 6) is -0.176. The Bertz CT molecular complexity index is 328. The molecular weight excluding hydrogens is 205 g/mol. The number of halogens is 1. The largest absolute Gasteiger partial charge is 0.382 e. The second-order valence-electron chi connectivity index (χ2n) is 3.95. The van der Waals surface area contributed by atoms with Gasteiger partial charge in [-0.15, -0.1) is 0 Å². The van der Waals surface area contributed by atoms with Crippen LogP contribution in [0.1, 0.15) is 36.9 Å². The molecule has 0 aromatic heterocycles. The van der Waals surface area contributed by atoms with Crippen molar-refractivity contribution in [2.24, 2.45) is 5.73 Å². The number of benzene rings is 1. The van der Waals surface area contributed by atoms with Crippen LogP contribution < -0.4 is 5.73 Å². The molecule has 0 aliphatic rings.